The van der Waals surface area contributed by atoms with Gasteiger partial charge in [0.25, 0.3) is 0 Å². The Morgan fingerprint density at radius 3 is 2.87 bits per heavy atom. The Morgan fingerprint density at radius 2 is 2.13 bits per heavy atom. The first-order valence-corrected chi connectivity index (χ1v) is 9.07. The van der Waals surface area contributed by atoms with Gasteiger partial charge in [-0.1, -0.05) is 23.5 Å². The van der Waals surface area contributed by atoms with Crippen molar-refractivity contribution in [3.8, 4) is 0 Å². The molecule has 1 aromatic heterocycles. The summed E-state index contributed by atoms with van der Waals surface area (Å²) in [5, 5.41) is 3.99. The maximum atomic E-state index is 12.4. The second-order valence-corrected chi connectivity index (χ2v) is 7.39. The number of hydrogen-bond donors (Lipinski definition) is 1. The highest BCUT2D eigenvalue weighted by atomic mass is 32.1. The first-order chi connectivity index (χ1) is 11.2. The Bertz CT molecular complexity index is 666. The summed E-state index contributed by atoms with van der Waals surface area (Å²) in [4.78, 5) is 18.8. The lowest BCUT2D eigenvalue weighted by atomic mass is 9.88. The maximum Gasteiger partial charge on any atom is 0.241 e. The number of piperidine rings is 1. The highest BCUT2D eigenvalue weighted by Crippen LogP contribution is 2.35. The van der Waals surface area contributed by atoms with Crippen LogP contribution in [-0.2, 0) is 9.53 Å². The molecule has 4 rings (SSSR count). The van der Waals surface area contributed by atoms with E-state index in [0.29, 0.717) is 6.54 Å². The second-order valence-electron chi connectivity index (χ2n) is 6.36. The Kier molecular flexibility index (Phi) is 3.95. The number of ether oxygens (including phenoxy) is 1. The van der Waals surface area contributed by atoms with E-state index in [1.54, 1.807) is 11.3 Å². The van der Waals surface area contributed by atoms with Gasteiger partial charge in [0.15, 0.2) is 5.13 Å². The summed E-state index contributed by atoms with van der Waals surface area (Å²) >= 11 is 1.59. The molecule has 122 valence electrons. The number of rotatable bonds is 3. The number of carbonyl (C=O) groups excluding carboxylic acids is 1. The van der Waals surface area contributed by atoms with Crippen LogP contribution >= 0.6 is 11.3 Å². The number of nitrogens with one attached hydrogen (secondary N) is 1. The van der Waals surface area contributed by atoms with Gasteiger partial charge < -0.3 is 15.0 Å². The average Bonchev–Trinajstić information content (AvgIpc) is 3.20. The molecule has 2 aliphatic heterocycles. The van der Waals surface area contributed by atoms with Crippen molar-refractivity contribution in [1.29, 1.82) is 0 Å². The summed E-state index contributed by atoms with van der Waals surface area (Å²) in [5.74, 6) is 0.150. The van der Waals surface area contributed by atoms with Crippen molar-refractivity contribution in [2.24, 2.45) is 0 Å². The number of hydrogen-bond acceptors (Lipinski definition) is 5. The van der Waals surface area contributed by atoms with Crippen LogP contribution in [0.2, 0.25) is 0 Å². The van der Waals surface area contributed by atoms with E-state index in [1.807, 2.05) is 29.2 Å². The predicted octanol–water partition coefficient (Wildman–Crippen LogP) is 2.88. The van der Waals surface area contributed by atoms with Gasteiger partial charge in [0.05, 0.1) is 22.4 Å². The van der Waals surface area contributed by atoms with E-state index >= 15 is 0 Å². The van der Waals surface area contributed by atoms with Crippen molar-refractivity contribution >= 4 is 32.6 Å². The van der Waals surface area contributed by atoms with Crippen molar-refractivity contribution in [2.75, 3.05) is 31.6 Å². The predicted molar refractivity (Wildman–Crippen MR) is 91.8 cm³/mol. The van der Waals surface area contributed by atoms with Gasteiger partial charge in [0.1, 0.15) is 0 Å². The molecule has 3 heterocycles. The molecule has 5 nitrogen and oxygen atoms in total. The molecule has 23 heavy (non-hydrogen) atoms. The van der Waals surface area contributed by atoms with Crippen LogP contribution in [0, 0.1) is 0 Å². The Morgan fingerprint density at radius 1 is 1.30 bits per heavy atom. The summed E-state index contributed by atoms with van der Waals surface area (Å²) in [6.07, 6.45) is 4.26. The molecule has 0 saturated carbocycles. The lowest BCUT2D eigenvalue weighted by molar-refractivity contribution is -0.134. The lowest BCUT2D eigenvalue weighted by Crippen LogP contribution is -2.47. The van der Waals surface area contributed by atoms with Gasteiger partial charge in [-0.15, -0.1) is 0 Å². The van der Waals surface area contributed by atoms with Crippen LogP contribution in [-0.4, -0.2) is 47.6 Å². The number of fused-ring (bicyclic) bond motifs is 1. The van der Waals surface area contributed by atoms with E-state index in [-0.39, 0.29) is 11.5 Å². The second kappa shape index (κ2) is 6.09. The van der Waals surface area contributed by atoms with Crippen LogP contribution in [0.5, 0.6) is 0 Å². The third kappa shape index (κ3) is 3.05. The molecule has 0 aliphatic carbocycles. The van der Waals surface area contributed by atoms with Crippen molar-refractivity contribution in [3.63, 3.8) is 0 Å². The van der Waals surface area contributed by atoms with Crippen LogP contribution in [0.4, 0.5) is 5.13 Å². The molecule has 0 atom stereocenters. The molecule has 1 N–H and O–H groups in total. The van der Waals surface area contributed by atoms with Gasteiger partial charge in [-0.2, -0.15) is 0 Å². The van der Waals surface area contributed by atoms with E-state index in [1.165, 1.54) is 0 Å². The normalized spacial score (nSPS) is 20.3. The standard InChI is InChI=1S/C17H21N3O2S/c21-15(20-9-7-17(8-10-20)6-3-11-22-17)12-18-16-19-13-4-1-2-5-14(13)23-16/h1-2,4-5H,3,6-12H2,(H,18,19). The molecule has 1 spiro atoms. The minimum atomic E-state index is 0.0667. The average molecular weight is 331 g/mol. The number of thiazole rings is 1. The van der Waals surface area contributed by atoms with Crippen LogP contribution in [0.25, 0.3) is 10.2 Å². The Hall–Kier alpha value is -1.66. The Labute approximate surface area is 139 Å². The largest absolute Gasteiger partial charge is 0.375 e. The summed E-state index contributed by atoms with van der Waals surface area (Å²) in [6, 6.07) is 8.02. The third-order valence-electron chi connectivity index (χ3n) is 4.90. The van der Waals surface area contributed by atoms with Gasteiger partial charge in [-0.3, -0.25) is 4.79 Å². The molecule has 1 amide bonds. The minimum absolute atomic E-state index is 0.0667. The zero-order valence-electron chi connectivity index (χ0n) is 13.1. The summed E-state index contributed by atoms with van der Waals surface area (Å²) < 4.78 is 7.05. The zero-order chi connectivity index (χ0) is 15.7. The van der Waals surface area contributed by atoms with Crippen LogP contribution in [0.15, 0.2) is 24.3 Å². The SMILES string of the molecule is O=C(CNc1nc2ccccc2s1)N1CCC2(CCCO2)CC1. The fraction of sp³-hybridized carbons (Fsp3) is 0.529. The topological polar surface area (TPSA) is 54.5 Å². The first kappa shape index (κ1) is 14.9. The highest BCUT2D eigenvalue weighted by molar-refractivity contribution is 7.22. The van der Waals surface area contributed by atoms with E-state index in [4.69, 9.17) is 4.74 Å². The van der Waals surface area contributed by atoms with Crippen molar-refractivity contribution in [3.05, 3.63) is 24.3 Å². The molecular formula is C17H21N3O2S. The Balaban J connectivity index is 1.32. The van der Waals surface area contributed by atoms with Crippen molar-refractivity contribution in [2.45, 2.75) is 31.3 Å². The van der Waals surface area contributed by atoms with Crippen LogP contribution in [0.1, 0.15) is 25.7 Å². The molecule has 6 heteroatoms. The number of carbonyl (C=O) groups is 1. The molecule has 2 aliphatic rings. The summed E-state index contributed by atoms with van der Waals surface area (Å²) in [5.41, 5.74) is 1.04. The van der Waals surface area contributed by atoms with Gasteiger partial charge >= 0.3 is 0 Å². The number of para-hydroxylation sites is 1. The first-order valence-electron chi connectivity index (χ1n) is 8.25. The molecule has 2 fully saturated rings. The third-order valence-corrected chi connectivity index (χ3v) is 5.89. The molecular weight excluding hydrogens is 310 g/mol. The summed E-state index contributed by atoms with van der Waals surface area (Å²) in [6.45, 7) is 2.81. The number of anilines is 1. The van der Waals surface area contributed by atoms with Crippen LogP contribution < -0.4 is 5.32 Å². The van der Waals surface area contributed by atoms with Gasteiger partial charge in [-0.05, 0) is 37.8 Å². The molecule has 0 bridgehead atoms. The fourth-order valence-electron chi connectivity index (χ4n) is 3.52. The molecule has 1 aromatic carbocycles. The van der Waals surface area contributed by atoms with E-state index in [9.17, 15) is 4.79 Å². The lowest BCUT2D eigenvalue weighted by Gasteiger charge is -2.38. The smallest absolute Gasteiger partial charge is 0.241 e. The number of benzene rings is 1. The number of nitrogens with zero attached hydrogens (tertiary/aromatic N) is 2. The molecule has 0 radical (unpaired) electrons. The molecule has 2 aromatic rings. The number of aromatic nitrogens is 1. The monoisotopic (exact) mass is 331 g/mol. The number of amides is 1. The molecule has 2 saturated heterocycles. The van der Waals surface area contributed by atoms with Gasteiger partial charge in [-0.25, -0.2) is 4.98 Å². The van der Waals surface area contributed by atoms with Gasteiger partial charge in [0, 0.05) is 19.7 Å². The quantitative estimate of drug-likeness (QED) is 0.940. The highest BCUT2D eigenvalue weighted by Gasteiger charge is 2.39. The van der Waals surface area contributed by atoms with E-state index in [0.717, 1.165) is 60.7 Å². The van der Waals surface area contributed by atoms with Gasteiger partial charge in [0.2, 0.25) is 5.91 Å². The van der Waals surface area contributed by atoms with Crippen molar-refractivity contribution in [1.82, 2.24) is 9.88 Å². The zero-order valence-corrected chi connectivity index (χ0v) is 13.9. The molecule has 0 unspecified atom stereocenters. The van der Waals surface area contributed by atoms with Crippen molar-refractivity contribution < 1.29 is 9.53 Å². The number of likely N-dealkylation sites (tertiary alicyclic amines) is 1. The minimum Gasteiger partial charge on any atom is -0.375 e. The van der Waals surface area contributed by atoms with E-state index < -0.39 is 0 Å². The van der Waals surface area contributed by atoms with Crippen LogP contribution in [0.3, 0.4) is 0 Å². The van der Waals surface area contributed by atoms with E-state index in [2.05, 4.69) is 10.3 Å². The fourth-order valence-corrected chi connectivity index (χ4v) is 4.39. The summed E-state index contributed by atoms with van der Waals surface area (Å²) in [7, 11) is 0. The maximum absolute atomic E-state index is 12.4.